The van der Waals surface area contributed by atoms with Crippen LogP contribution in [-0.4, -0.2) is 5.91 Å². The van der Waals surface area contributed by atoms with Gasteiger partial charge in [0.1, 0.15) is 0 Å². The van der Waals surface area contributed by atoms with Crippen LogP contribution < -0.4 is 11.5 Å². The molecule has 1 aromatic rings. The third kappa shape index (κ3) is 3.57. The van der Waals surface area contributed by atoms with Crippen LogP contribution in [0, 0.1) is 0 Å². The molecule has 0 aliphatic heterocycles. The molecule has 4 N–H and O–H groups in total. The second-order valence-electron chi connectivity index (χ2n) is 2.98. The van der Waals surface area contributed by atoms with Gasteiger partial charge in [0, 0.05) is 17.3 Å². The Morgan fingerprint density at radius 1 is 1.62 bits per heavy atom. The molecular weight excluding hydrogens is 184 g/mol. The first-order chi connectivity index (χ1) is 6.20. The average molecular weight is 198 g/mol. The van der Waals surface area contributed by atoms with Crippen LogP contribution >= 0.6 is 11.3 Å². The molecule has 0 spiro atoms. The molecule has 0 aromatic carbocycles. The Morgan fingerprint density at radius 3 is 2.92 bits per heavy atom. The molecule has 1 unspecified atom stereocenters. The van der Waals surface area contributed by atoms with Crippen molar-refractivity contribution >= 4 is 17.2 Å². The fourth-order valence-corrected chi connectivity index (χ4v) is 1.90. The van der Waals surface area contributed by atoms with Gasteiger partial charge in [0.25, 0.3) is 0 Å². The van der Waals surface area contributed by atoms with Crippen molar-refractivity contribution in [2.45, 2.75) is 25.3 Å². The smallest absolute Gasteiger partial charge is 0.217 e. The molecule has 1 atom stereocenters. The van der Waals surface area contributed by atoms with Gasteiger partial charge >= 0.3 is 0 Å². The molecule has 0 fully saturated rings. The SMILES string of the molecule is NC(=O)CCCC(N)c1cccs1. The van der Waals surface area contributed by atoms with Crippen molar-refractivity contribution in [3.05, 3.63) is 22.4 Å². The minimum Gasteiger partial charge on any atom is -0.370 e. The van der Waals surface area contributed by atoms with Crippen molar-refractivity contribution in [2.75, 3.05) is 0 Å². The fourth-order valence-electron chi connectivity index (χ4n) is 1.14. The Labute approximate surface area is 81.7 Å². The number of thiophene rings is 1. The first-order valence-electron chi connectivity index (χ1n) is 4.27. The molecule has 0 saturated carbocycles. The molecule has 0 aliphatic rings. The molecule has 0 bridgehead atoms. The zero-order valence-corrected chi connectivity index (χ0v) is 8.22. The van der Waals surface area contributed by atoms with E-state index in [0.29, 0.717) is 6.42 Å². The maximum Gasteiger partial charge on any atom is 0.217 e. The van der Waals surface area contributed by atoms with E-state index in [1.807, 2.05) is 17.5 Å². The molecule has 0 aliphatic carbocycles. The molecule has 0 saturated heterocycles. The van der Waals surface area contributed by atoms with Gasteiger partial charge in [0.15, 0.2) is 0 Å². The van der Waals surface area contributed by atoms with Crippen molar-refractivity contribution in [1.82, 2.24) is 0 Å². The Kier molecular flexibility index (Phi) is 3.92. The Hall–Kier alpha value is -0.870. The summed E-state index contributed by atoms with van der Waals surface area (Å²) in [6.45, 7) is 0. The van der Waals surface area contributed by atoms with Gasteiger partial charge in [-0.25, -0.2) is 0 Å². The molecule has 4 heteroatoms. The largest absolute Gasteiger partial charge is 0.370 e. The highest BCUT2D eigenvalue weighted by atomic mass is 32.1. The summed E-state index contributed by atoms with van der Waals surface area (Å²) in [7, 11) is 0. The molecular formula is C9H14N2OS. The number of carbonyl (C=O) groups excluding carboxylic acids is 1. The molecule has 0 radical (unpaired) electrons. The van der Waals surface area contributed by atoms with Crippen LogP contribution in [0.1, 0.15) is 30.2 Å². The third-order valence-corrected chi connectivity index (χ3v) is 2.85. The van der Waals surface area contributed by atoms with Crippen molar-refractivity contribution in [1.29, 1.82) is 0 Å². The summed E-state index contributed by atoms with van der Waals surface area (Å²) in [6, 6.07) is 4.05. The highest BCUT2D eigenvalue weighted by Crippen LogP contribution is 2.20. The van der Waals surface area contributed by atoms with Crippen LogP contribution in [-0.2, 0) is 4.79 Å². The van der Waals surface area contributed by atoms with Crippen molar-refractivity contribution in [3.63, 3.8) is 0 Å². The molecule has 1 rings (SSSR count). The van der Waals surface area contributed by atoms with E-state index in [1.54, 1.807) is 11.3 Å². The average Bonchev–Trinajstić information content (AvgIpc) is 2.55. The quantitative estimate of drug-likeness (QED) is 0.751. The van der Waals surface area contributed by atoms with Gasteiger partial charge in [-0.3, -0.25) is 4.79 Å². The maximum absolute atomic E-state index is 10.5. The van der Waals surface area contributed by atoms with Gasteiger partial charge in [0.05, 0.1) is 0 Å². The minimum atomic E-state index is -0.252. The highest BCUT2D eigenvalue weighted by molar-refractivity contribution is 7.10. The first-order valence-corrected chi connectivity index (χ1v) is 5.15. The summed E-state index contributed by atoms with van der Waals surface area (Å²) < 4.78 is 0. The van der Waals surface area contributed by atoms with Crippen LogP contribution in [0.25, 0.3) is 0 Å². The van der Waals surface area contributed by atoms with Crippen LogP contribution in [0.15, 0.2) is 17.5 Å². The van der Waals surface area contributed by atoms with Crippen molar-refractivity contribution < 1.29 is 4.79 Å². The van der Waals surface area contributed by atoms with Gasteiger partial charge in [-0.05, 0) is 24.3 Å². The van der Waals surface area contributed by atoms with Crippen LogP contribution in [0.3, 0.4) is 0 Å². The number of carbonyl (C=O) groups is 1. The van der Waals surface area contributed by atoms with Gasteiger partial charge < -0.3 is 11.5 Å². The molecule has 1 aromatic heterocycles. The summed E-state index contributed by atoms with van der Waals surface area (Å²) in [5, 5.41) is 2.00. The second-order valence-corrected chi connectivity index (χ2v) is 3.96. The molecule has 1 amide bonds. The third-order valence-electron chi connectivity index (χ3n) is 1.85. The minimum absolute atomic E-state index is 0.0550. The summed E-state index contributed by atoms with van der Waals surface area (Å²) in [4.78, 5) is 11.6. The van der Waals surface area contributed by atoms with Crippen molar-refractivity contribution in [3.8, 4) is 0 Å². The van der Waals surface area contributed by atoms with E-state index < -0.39 is 0 Å². The van der Waals surface area contributed by atoms with Crippen LogP contribution in [0.2, 0.25) is 0 Å². The van der Waals surface area contributed by atoms with E-state index >= 15 is 0 Å². The topological polar surface area (TPSA) is 69.1 Å². The summed E-state index contributed by atoms with van der Waals surface area (Å²) in [5.41, 5.74) is 10.9. The number of hydrogen-bond acceptors (Lipinski definition) is 3. The summed E-state index contributed by atoms with van der Waals surface area (Å²) in [5.74, 6) is -0.252. The van der Waals surface area contributed by atoms with Gasteiger partial charge in [0.2, 0.25) is 5.91 Å². The summed E-state index contributed by atoms with van der Waals surface area (Å²) in [6.07, 6.45) is 2.02. The number of hydrogen-bond donors (Lipinski definition) is 2. The number of rotatable bonds is 5. The molecule has 13 heavy (non-hydrogen) atoms. The van der Waals surface area contributed by atoms with E-state index in [4.69, 9.17) is 11.5 Å². The van der Waals surface area contributed by atoms with E-state index in [1.165, 1.54) is 4.88 Å². The predicted molar refractivity (Wildman–Crippen MR) is 54.3 cm³/mol. The van der Waals surface area contributed by atoms with Gasteiger partial charge in [-0.2, -0.15) is 0 Å². The Morgan fingerprint density at radius 2 is 2.38 bits per heavy atom. The standard InChI is InChI=1S/C9H14N2OS/c10-7(3-1-5-9(11)12)8-4-2-6-13-8/h2,4,6-7H,1,3,5,10H2,(H2,11,12). The molecule has 1 heterocycles. The predicted octanol–water partition coefficient (Wildman–Crippen LogP) is 1.40. The van der Waals surface area contributed by atoms with E-state index in [2.05, 4.69) is 0 Å². The molecule has 72 valence electrons. The number of nitrogens with two attached hydrogens (primary N) is 2. The molecule has 3 nitrogen and oxygen atoms in total. The van der Waals surface area contributed by atoms with Crippen LogP contribution in [0.4, 0.5) is 0 Å². The second kappa shape index (κ2) is 4.99. The lowest BCUT2D eigenvalue weighted by atomic mass is 10.1. The van der Waals surface area contributed by atoms with E-state index in [0.717, 1.165) is 12.8 Å². The Balaban J connectivity index is 2.26. The highest BCUT2D eigenvalue weighted by Gasteiger charge is 2.06. The lowest BCUT2D eigenvalue weighted by molar-refractivity contribution is -0.118. The number of primary amides is 1. The van der Waals surface area contributed by atoms with Crippen molar-refractivity contribution in [2.24, 2.45) is 11.5 Å². The number of amides is 1. The monoisotopic (exact) mass is 198 g/mol. The van der Waals surface area contributed by atoms with E-state index in [9.17, 15) is 4.79 Å². The fraction of sp³-hybridized carbons (Fsp3) is 0.444. The van der Waals surface area contributed by atoms with Crippen LogP contribution in [0.5, 0.6) is 0 Å². The van der Waals surface area contributed by atoms with Gasteiger partial charge in [-0.15, -0.1) is 11.3 Å². The zero-order chi connectivity index (χ0) is 9.68. The van der Waals surface area contributed by atoms with Gasteiger partial charge in [-0.1, -0.05) is 6.07 Å². The normalized spacial score (nSPS) is 12.7. The van der Waals surface area contributed by atoms with E-state index in [-0.39, 0.29) is 11.9 Å². The summed E-state index contributed by atoms with van der Waals surface area (Å²) >= 11 is 1.65. The first kappa shape index (κ1) is 10.2. The zero-order valence-electron chi connectivity index (χ0n) is 7.40. The lowest BCUT2D eigenvalue weighted by Gasteiger charge is -2.07. The Bertz CT molecular complexity index is 259. The maximum atomic E-state index is 10.5. The lowest BCUT2D eigenvalue weighted by Crippen LogP contribution is -2.13.